The molecule has 0 saturated heterocycles. The Morgan fingerprint density at radius 2 is 1.21 bits per heavy atom. The summed E-state index contributed by atoms with van der Waals surface area (Å²) in [6.45, 7) is 4.15. The molecule has 1 saturated carbocycles. The van der Waals surface area contributed by atoms with Gasteiger partial charge < -0.3 is 20.4 Å². The Hall–Kier alpha value is -2.12. The van der Waals surface area contributed by atoms with E-state index in [4.69, 9.17) is 0 Å². The zero-order valence-corrected chi connectivity index (χ0v) is 17.2. The average Bonchev–Trinajstić information content (AvgIpc) is 2.74. The molecule has 166 valence electrons. The molecule has 1 fully saturated rings. The van der Waals surface area contributed by atoms with Crippen LogP contribution in [0.15, 0.2) is 0 Å². The number of carboxylic acids is 4. The van der Waals surface area contributed by atoms with Gasteiger partial charge >= 0.3 is 23.9 Å². The standard InChI is InChI=1S/C21H34O8/c1-3-5-13-7-4-6-12(2)14(8-10-16(18(22)23)19(24)25)15(13)9-11-17(20(26)27)21(28)29/h12-17H,3-11H2,1-2H3,(H,22,23)(H,24,25)(H,26,27)(H,28,29). The Bertz CT molecular complexity index is 559. The van der Waals surface area contributed by atoms with Crippen molar-refractivity contribution in [3.05, 3.63) is 0 Å². The molecule has 0 bridgehead atoms. The Morgan fingerprint density at radius 1 is 0.759 bits per heavy atom. The minimum atomic E-state index is -1.46. The summed E-state index contributed by atoms with van der Waals surface area (Å²) in [7, 11) is 0. The Morgan fingerprint density at radius 3 is 1.62 bits per heavy atom. The first-order chi connectivity index (χ1) is 13.6. The third kappa shape index (κ3) is 7.33. The predicted octanol–water partition coefficient (Wildman–Crippen LogP) is 3.59. The number of hydrogen-bond acceptors (Lipinski definition) is 4. The molecule has 4 N–H and O–H groups in total. The monoisotopic (exact) mass is 414 g/mol. The van der Waals surface area contributed by atoms with Crippen molar-refractivity contribution >= 4 is 23.9 Å². The van der Waals surface area contributed by atoms with Crippen LogP contribution in [0, 0.1) is 35.5 Å². The lowest BCUT2D eigenvalue weighted by atomic mass is 9.70. The molecule has 8 heteroatoms. The molecule has 8 nitrogen and oxygen atoms in total. The lowest BCUT2D eigenvalue weighted by molar-refractivity contribution is -0.157. The van der Waals surface area contributed by atoms with Crippen molar-refractivity contribution in [3.63, 3.8) is 0 Å². The van der Waals surface area contributed by atoms with Gasteiger partial charge in [0.1, 0.15) is 0 Å². The molecule has 0 spiro atoms. The molecule has 4 unspecified atom stereocenters. The number of hydrogen-bond donors (Lipinski definition) is 4. The summed E-state index contributed by atoms with van der Waals surface area (Å²) in [6, 6.07) is 0. The number of carboxylic acid groups (broad SMARTS) is 4. The van der Waals surface area contributed by atoms with Crippen LogP contribution in [0.1, 0.15) is 71.6 Å². The minimum Gasteiger partial charge on any atom is -0.481 e. The maximum absolute atomic E-state index is 11.3. The van der Waals surface area contributed by atoms with Crippen molar-refractivity contribution in [1.82, 2.24) is 0 Å². The smallest absolute Gasteiger partial charge is 0.317 e. The summed E-state index contributed by atoms with van der Waals surface area (Å²) < 4.78 is 0. The summed E-state index contributed by atoms with van der Waals surface area (Å²) in [5, 5.41) is 36.8. The summed E-state index contributed by atoms with van der Waals surface area (Å²) in [6.07, 6.45) is 5.76. The van der Waals surface area contributed by atoms with Gasteiger partial charge in [0.25, 0.3) is 0 Å². The second kappa shape index (κ2) is 11.8. The van der Waals surface area contributed by atoms with Gasteiger partial charge in [-0.3, -0.25) is 19.2 Å². The molecule has 0 amide bonds. The quantitative estimate of drug-likeness (QED) is 0.279. The first-order valence-electron chi connectivity index (χ1n) is 10.5. The first kappa shape index (κ1) is 24.9. The molecule has 0 aromatic carbocycles. The van der Waals surface area contributed by atoms with Crippen molar-refractivity contribution < 1.29 is 39.6 Å². The predicted molar refractivity (Wildman–Crippen MR) is 104 cm³/mol. The van der Waals surface area contributed by atoms with E-state index < -0.39 is 35.7 Å². The first-order valence-corrected chi connectivity index (χ1v) is 10.5. The molecule has 0 aliphatic heterocycles. The number of rotatable bonds is 12. The molecule has 4 atom stereocenters. The Kier molecular flexibility index (Phi) is 10.1. The molecule has 0 heterocycles. The van der Waals surface area contributed by atoms with E-state index in [0.29, 0.717) is 18.8 Å². The average molecular weight is 414 g/mol. The molecule has 1 aliphatic rings. The third-order valence-corrected chi connectivity index (χ3v) is 6.55. The van der Waals surface area contributed by atoms with Gasteiger partial charge in [0.15, 0.2) is 11.8 Å². The number of carbonyl (C=O) groups is 4. The summed E-state index contributed by atoms with van der Waals surface area (Å²) >= 11 is 0. The molecule has 0 radical (unpaired) electrons. The van der Waals surface area contributed by atoms with Gasteiger partial charge in [-0.2, -0.15) is 0 Å². The van der Waals surface area contributed by atoms with E-state index in [9.17, 15) is 39.6 Å². The SMILES string of the molecule is CCCC1CCCC(C)C(CCC(C(=O)O)C(=O)O)C1CCC(C(=O)O)C(=O)O. The van der Waals surface area contributed by atoms with Crippen LogP contribution in [-0.2, 0) is 19.2 Å². The van der Waals surface area contributed by atoms with Gasteiger partial charge in [0, 0.05) is 0 Å². The Balaban J connectivity index is 3.05. The van der Waals surface area contributed by atoms with E-state index in [0.717, 1.165) is 32.1 Å². The van der Waals surface area contributed by atoms with E-state index in [1.807, 2.05) is 0 Å². The highest BCUT2D eigenvalue weighted by Crippen LogP contribution is 2.44. The number of aliphatic carboxylic acids is 4. The second-order valence-corrected chi connectivity index (χ2v) is 8.40. The van der Waals surface area contributed by atoms with E-state index >= 15 is 0 Å². The van der Waals surface area contributed by atoms with Gasteiger partial charge in [0.2, 0.25) is 0 Å². The van der Waals surface area contributed by atoms with Crippen LogP contribution in [0.3, 0.4) is 0 Å². The third-order valence-electron chi connectivity index (χ3n) is 6.55. The van der Waals surface area contributed by atoms with Crippen molar-refractivity contribution in [2.75, 3.05) is 0 Å². The van der Waals surface area contributed by atoms with Crippen LogP contribution < -0.4 is 0 Å². The highest BCUT2D eigenvalue weighted by atomic mass is 16.4. The van der Waals surface area contributed by atoms with Gasteiger partial charge in [-0.1, -0.05) is 46.0 Å². The molecule has 0 aromatic rings. The largest absolute Gasteiger partial charge is 0.481 e. The van der Waals surface area contributed by atoms with Crippen LogP contribution in [0.25, 0.3) is 0 Å². The fourth-order valence-electron chi connectivity index (χ4n) is 5.00. The highest BCUT2D eigenvalue weighted by Gasteiger charge is 2.38. The summed E-state index contributed by atoms with van der Waals surface area (Å²) in [5.41, 5.74) is 0. The molecule has 1 rings (SSSR count). The molecule has 1 aliphatic carbocycles. The summed E-state index contributed by atoms with van der Waals surface area (Å²) in [5.74, 6) is -7.63. The fourth-order valence-corrected chi connectivity index (χ4v) is 5.00. The van der Waals surface area contributed by atoms with Gasteiger partial charge in [-0.25, -0.2) is 0 Å². The lowest BCUT2D eigenvalue weighted by Crippen LogP contribution is -2.31. The topological polar surface area (TPSA) is 149 Å². The highest BCUT2D eigenvalue weighted by molar-refractivity contribution is 5.93. The van der Waals surface area contributed by atoms with Gasteiger partial charge in [0.05, 0.1) is 0 Å². The van der Waals surface area contributed by atoms with Gasteiger partial charge in [-0.15, -0.1) is 0 Å². The maximum Gasteiger partial charge on any atom is 0.317 e. The minimum absolute atomic E-state index is 0.0241. The molecule has 0 aromatic heterocycles. The van der Waals surface area contributed by atoms with Crippen LogP contribution in [0.4, 0.5) is 0 Å². The fraction of sp³-hybridized carbons (Fsp3) is 0.810. The van der Waals surface area contributed by atoms with Crippen molar-refractivity contribution in [2.45, 2.75) is 71.6 Å². The van der Waals surface area contributed by atoms with E-state index in [1.54, 1.807) is 0 Å². The molecule has 29 heavy (non-hydrogen) atoms. The van der Waals surface area contributed by atoms with E-state index in [2.05, 4.69) is 13.8 Å². The van der Waals surface area contributed by atoms with Crippen molar-refractivity contribution in [3.8, 4) is 0 Å². The van der Waals surface area contributed by atoms with E-state index in [-0.39, 0.29) is 30.6 Å². The normalized spacial score (nSPS) is 25.0. The molecular formula is C21H34O8. The van der Waals surface area contributed by atoms with Crippen LogP contribution >= 0.6 is 0 Å². The zero-order valence-electron chi connectivity index (χ0n) is 17.2. The van der Waals surface area contributed by atoms with Gasteiger partial charge in [-0.05, 0) is 49.4 Å². The van der Waals surface area contributed by atoms with Crippen LogP contribution in [-0.4, -0.2) is 44.3 Å². The maximum atomic E-state index is 11.3. The second-order valence-electron chi connectivity index (χ2n) is 8.40. The lowest BCUT2D eigenvalue weighted by Gasteiger charge is -2.35. The summed E-state index contributed by atoms with van der Waals surface area (Å²) in [4.78, 5) is 45.1. The van der Waals surface area contributed by atoms with Crippen LogP contribution in [0.5, 0.6) is 0 Å². The zero-order chi connectivity index (χ0) is 22.1. The Labute approximate surface area is 171 Å². The van der Waals surface area contributed by atoms with Crippen molar-refractivity contribution in [2.24, 2.45) is 35.5 Å². The van der Waals surface area contributed by atoms with E-state index in [1.165, 1.54) is 0 Å². The molecular weight excluding hydrogens is 380 g/mol. The van der Waals surface area contributed by atoms with Crippen LogP contribution in [0.2, 0.25) is 0 Å². The van der Waals surface area contributed by atoms with Crippen molar-refractivity contribution in [1.29, 1.82) is 0 Å².